The summed E-state index contributed by atoms with van der Waals surface area (Å²) in [6, 6.07) is 9.77. The zero-order valence-corrected chi connectivity index (χ0v) is 9.01. The van der Waals surface area contributed by atoms with E-state index in [4.69, 9.17) is 9.84 Å². The Morgan fingerprint density at radius 3 is 2.47 bits per heavy atom. The van der Waals surface area contributed by atoms with Crippen molar-refractivity contribution < 1.29 is 14.6 Å². The van der Waals surface area contributed by atoms with E-state index >= 15 is 0 Å². The Labute approximate surface area is 89.7 Å². The number of ether oxygens (including phenoxy) is 1. The number of carboxylic acid groups (broad SMARTS) is 1. The van der Waals surface area contributed by atoms with Gasteiger partial charge < -0.3 is 9.84 Å². The van der Waals surface area contributed by atoms with Crippen LogP contribution in [0.1, 0.15) is 31.9 Å². The van der Waals surface area contributed by atoms with Crippen molar-refractivity contribution in [3.8, 4) is 0 Å². The van der Waals surface area contributed by atoms with Gasteiger partial charge in [-0.2, -0.15) is 0 Å². The SMILES string of the molecule is CC(O[C@@H](C)CC(=O)O)c1ccccc1. The second-order valence-corrected chi connectivity index (χ2v) is 3.60. The first-order valence-electron chi connectivity index (χ1n) is 5.01. The van der Waals surface area contributed by atoms with Crippen LogP contribution in [0.2, 0.25) is 0 Å². The zero-order valence-electron chi connectivity index (χ0n) is 9.01. The number of rotatable bonds is 5. The van der Waals surface area contributed by atoms with Crippen LogP contribution in [0.15, 0.2) is 30.3 Å². The van der Waals surface area contributed by atoms with Crippen molar-refractivity contribution in [1.82, 2.24) is 0 Å². The van der Waals surface area contributed by atoms with Crippen molar-refractivity contribution in [1.29, 1.82) is 0 Å². The number of hydrogen-bond acceptors (Lipinski definition) is 2. The second kappa shape index (κ2) is 5.51. The standard InChI is InChI=1S/C12H16O3/c1-9(8-12(13)14)15-10(2)11-6-4-3-5-7-11/h3-7,9-10H,8H2,1-2H3,(H,13,14)/t9-,10?/m0/s1. The van der Waals surface area contributed by atoms with E-state index in [0.29, 0.717) is 0 Å². The summed E-state index contributed by atoms with van der Waals surface area (Å²) in [6.07, 6.45) is -0.296. The Bertz CT molecular complexity index is 308. The van der Waals surface area contributed by atoms with E-state index in [1.54, 1.807) is 6.92 Å². The molecule has 1 unspecified atom stereocenters. The van der Waals surface area contributed by atoms with E-state index in [1.807, 2.05) is 37.3 Å². The molecule has 1 rings (SSSR count). The summed E-state index contributed by atoms with van der Waals surface area (Å²) in [4.78, 5) is 10.4. The van der Waals surface area contributed by atoms with E-state index in [2.05, 4.69) is 0 Å². The molecule has 1 aromatic carbocycles. The Hall–Kier alpha value is -1.35. The van der Waals surface area contributed by atoms with Crippen LogP contribution in [0.3, 0.4) is 0 Å². The Morgan fingerprint density at radius 1 is 1.33 bits per heavy atom. The highest BCUT2D eigenvalue weighted by atomic mass is 16.5. The van der Waals surface area contributed by atoms with Gasteiger partial charge in [0.15, 0.2) is 0 Å². The third-order valence-corrected chi connectivity index (χ3v) is 2.17. The maximum absolute atomic E-state index is 10.4. The summed E-state index contributed by atoms with van der Waals surface area (Å²) < 4.78 is 5.57. The molecule has 0 heterocycles. The van der Waals surface area contributed by atoms with Gasteiger partial charge in [0.25, 0.3) is 0 Å². The summed E-state index contributed by atoms with van der Waals surface area (Å²) in [5.41, 5.74) is 1.06. The molecule has 0 bridgehead atoms. The van der Waals surface area contributed by atoms with Gasteiger partial charge in [0.2, 0.25) is 0 Å². The van der Waals surface area contributed by atoms with Crippen LogP contribution in [0, 0.1) is 0 Å². The predicted octanol–water partition coefficient (Wildman–Crippen LogP) is 2.63. The molecule has 0 aliphatic rings. The van der Waals surface area contributed by atoms with Crippen molar-refractivity contribution in [2.45, 2.75) is 32.5 Å². The molecule has 0 aromatic heterocycles. The molecule has 0 amide bonds. The molecule has 0 aliphatic carbocycles. The highest BCUT2D eigenvalue weighted by Crippen LogP contribution is 2.18. The van der Waals surface area contributed by atoms with Crippen LogP contribution >= 0.6 is 0 Å². The quantitative estimate of drug-likeness (QED) is 0.809. The van der Waals surface area contributed by atoms with E-state index in [0.717, 1.165) is 5.56 Å². The third kappa shape index (κ3) is 4.13. The maximum atomic E-state index is 10.4. The van der Waals surface area contributed by atoms with Gasteiger partial charge in [0, 0.05) is 0 Å². The number of carboxylic acids is 1. The highest BCUT2D eigenvalue weighted by molar-refractivity contribution is 5.67. The number of hydrogen-bond donors (Lipinski definition) is 1. The molecular formula is C12H16O3. The smallest absolute Gasteiger partial charge is 0.305 e. The molecule has 3 nitrogen and oxygen atoms in total. The lowest BCUT2D eigenvalue weighted by atomic mass is 10.1. The summed E-state index contributed by atoms with van der Waals surface area (Å²) in [6.45, 7) is 3.70. The fourth-order valence-corrected chi connectivity index (χ4v) is 1.45. The zero-order chi connectivity index (χ0) is 11.3. The van der Waals surface area contributed by atoms with Crippen LogP contribution in [-0.2, 0) is 9.53 Å². The first kappa shape index (κ1) is 11.7. The highest BCUT2D eigenvalue weighted by Gasteiger charge is 2.12. The fraction of sp³-hybridized carbons (Fsp3) is 0.417. The second-order valence-electron chi connectivity index (χ2n) is 3.60. The molecule has 0 saturated carbocycles. The Balaban J connectivity index is 2.49. The Kier molecular flexibility index (Phi) is 4.31. The van der Waals surface area contributed by atoms with Gasteiger partial charge in [0.05, 0.1) is 18.6 Å². The monoisotopic (exact) mass is 208 g/mol. The normalized spacial score (nSPS) is 14.5. The molecule has 0 fully saturated rings. The molecule has 0 saturated heterocycles. The van der Waals surface area contributed by atoms with Crippen LogP contribution in [-0.4, -0.2) is 17.2 Å². The molecule has 82 valence electrons. The van der Waals surface area contributed by atoms with Crippen LogP contribution in [0.5, 0.6) is 0 Å². The van der Waals surface area contributed by atoms with E-state index in [1.165, 1.54) is 0 Å². The molecule has 0 spiro atoms. The first-order chi connectivity index (χ1) is 7.09. The van der Waals surface area contributed by atoms with Gasteiger partial charge in [-0.05, 0) is 19.4 Å². The Morgan fingerprint density at radius 2 is 1.93 bits per heavy atom. The summed E-state index contributed by atoms with van der Waals surface area (Å²) in [7, 11) is 0. The van der Waals surface area contributed by atoms with Crippen LogP contribution < -0.4 is 0 Å². The first-order valence-corrected chi connectivity index (χ1v) is 5.01. The summed E-state index contributed by atoms with van der Waals surface area (Å²) in [5.74, 6) is -0.831. The van der Waals surface area contributed by atoms with Gasteiger partial charge in [-0.15, -0.1) is 0 Å². The summed E-state index contributed by atoms with van der Waals surface area (Å²) in [5, 5.41) is 8.59. The molecule has 1 aromatic rings. The molecule has 0 aliphatic heterocycles. The van der Waals surface area contributed by atoms with E-state index in [-0.39, 0.29) is 18.6 Å². The maximum Gasteiger partial charge on any atom is 0.305 e. The lowest BCUT2D eigenvalue weighted by molar-refractivity contribution is -0.140. The van der Waals surface area contributed by atoms with Gasteiger partial charge in [-0.3, -0.25) is 4.79 Å². The van der Waals surface area contributed by atoms with Crippen molar-refractivity contribution in [2.24, 2.45) is 0 Å². The minimum Gasteiger partial charge on any atom is -0.481 e. The number of aliphatic carboxylic acids is 1. The minimum atomic E-state index is -0.831. The van der Waals surface area contributed by atoms with Crippen LogP contribution in [0.25, 0.3) is 0 Å². The molecule has 1 N–H and O–H groups in total. The third-order valence-electron chi connectivity index (χ3n) is 2.17. The van der Waals surface area contributed by atoms with Crippen molar-refractivity contribution in [3.05, 3.63) is 35.9 Å². The van der Waals surface area contributed by atoms with Crippen molar-refractivity contribution >= 4 is 5.97 Å². The largest absolute Gasteiger partial charge is 0.481 e. The molecule has 3 heteroatoms. The molecular weight excluding hydrogens is 192 g/mol. The van der Waals surface area contributed by atoms with E-state index in [9.17, 15) is 4.79 Å². The minimum absolute atomic E-state index is 0.0389. The van der Waals surface area contributed by atoms with Gasteiger partial charge in [0.1, 0.15) is 0 Å². The summed E-state index contributed by atoms with van der Waals surface area (Å²) >= 11 is 0. The topological polar surface area (TPSA) is 46.5 Å². The molecule has 0 radical (unpaired) electrons. The lowest BCUT2D eigenvalue weighted by Crippen LogP contribution is -2.15. The number of carbonyl (C=O) groups is 1. The van der Waals surface area contributed by atoms with Crippen molar-refractivity contribution in [2.75, 3.05) is 0 Å². The van der Waals surface area contributed by atoms with E-state index < -0.39 is 5.97 Å². The van der Waals surface area contributed by atoms with Gasteiger partial charge in [-0.25, -0.2) is 0 Å². The van der Waals surface area contributed by atoms with Crippen LogP contribution in [0.4, 0.5) is 0 Å². The lowest BCUT2D eigenvalue weighted by Gasteiger charge is -2.18. The van der Waals surface area contributed by atoms with Gasteiger partial charge in [-0.1, -0.05) is 30.3 Å². The van der Waals surface area contributed by atoms with Gasteiger partial charge >= 0.3 is 5.97 Å². The average Bonchev–Trinajstić information content (AvgIpc) is 2.17. The van der Waals surface area contributed by atoms with Crippen molar-refractivity contribution in [3.63, 3.8) is 0 Å². The predicted molar refractivity (Wildman–Crippen MR) is 57.7 cm³/mol. The molecule has 2 atom stereocenters. The number of benzene rings is 1. The fourth-order valence-electron chi connectivity index (χ4n) is 1.45. The average molecular weight is 208 g/mol. The molecule has 15 heavy (non-hydrogen) atoms.